The van der Waals surface area contributed by atoms with Crippen LogP contribution in [0.4, 0.5) is 0 Å². The molecule has 0 fully saturated rings. The van der Waals surface area contributed by atoms with Crippen LogP contribution in [0, 0.1) is 11.8 Å². The third-order valence-electron chi connectivity index (χ3n) is 7.35. The topological polar surface area (TPSA) is 42.0 Å². The zero-order valence-electron chi connectivity index (χ0n) is 28.1. The minimum Gasteiger partial charge on any atom is -0.489 e. The molecule has 4 rings (SSSR count). The second-order valence-electron chi connectivity index (χ2n) is 12.0. The van der Waals surface area contributed by atoms with Gasteiger partial charge in [-0.05, 0) is 87.6 Å². The Kier molecular flexibility index (Phi) is 14.6. The summed E-state index contributed by atoms with van der Waals surface area (Å²) in [5.41, 5.74) is 5.61. The zero-order valence-corrected chi connectivity index (χ0v) is 28.1. The van der Waals surface area contributed by atoms with Crippen LogP contribution in [-0.2, 0) is 13.2 Å². The van der Waals surface area contributed by atoms with Gasteiger partial charge in [-0.1, -0.05) is 105 Å². The highest BCUT2D eigenvalue weighted by Gasteiger charge is 2.16. The van der Waals surface area contributed by atoms with Gasteiger partial charge in [0.05, 0.1) is 0 Å². The largest absolute Gasteiger partial charge is 0.489 e. The molecule has 0 aromatic heterocycles. The molecule has 0 heterocycles. The number of Topliss-reactive ketones (excluding diaryl/α,β-unsaturated/α-hetero) is 1. The van der Waals surface area contributed by atoms with Crippen LogP contribution in [0.3, 0.4) is 0 Å². The molecule has 0 N–H and O–H groups in total. The number of rotatable bonds is 14. The molecule has 4 aromatic rings. The third kappa shape index (κ3) is 12.4. The van der Waals surface area contributed by atoms with E-state index in [0.29, 0.717) is 24.7 Å². The molecular formula is C40H50N2O3. The summed E-state index contributed by atoms with van der Waals surface area (Å²) in [6.07, 6.45) is 2.21. The molecule has 2 atom stereocenters. The van der Waals surface area contributed by atoms with Crippen LogP contribution >= 0.6 is 0 Å². The van der Waals surface area contributed by atoms with E-state index in [2.05, 4.69) is 69.3 Å². The Morgan fingerprint density at radius 1 is 0.622 bits per heavy atom. The second-order valence-corrected chi connectivity index (χ2v) is 12.0. The van der Waals surface area contributed by atoms with E-state index in [1.807, 2.05) is 105 Å². The van der Waals surface area contributed by atoms with Gasteiger partial charge in [0, 0.05) is 24.6 Å². The van der Waals surface area contributed by atoms with E-state index >= 15 is 0 Å². The van der Waals surface area contributed by atoms with Crippen molar-refractivity contribution in [3.63, 3.8) is 0 Å². The van der Waals surface area contributed by atoms with Crippen LogP contribution in [0.15, 0.2) is 115 Å². The van der Waals surface area contributed by atoms with Gasteiger partial charge in [-0.15, -0.1) is 0 Å². The highest BCUT2D eigenvalue weighted by atomic mass is 16.5. The first-order valence-electron chi connectivity index (χ1n) is 15.7. The average Bonchev–Trinajstić information content (AvgIpc) is 3.04. The molecule has 5 nitrogen and oxygen atoms in total. The normalized spacial score (nSPS) is 12.7. The van der Waals surface area contributed by atoms with Crippen molar-refractivity contribution in [3.05, 3.63) is 138 Å². The maximum Gasteiger partial charge on any atom is 0.167 e. The summed E-state index contributed by atoms with van der Waals surface area (Å²) in [6, 6.07) is 36.1. The van der Waals surface area contributed by atoms with Crippen LogP contribution in [0.1, 0.15) is 47.8 Å². The Balaban J connectivity index is 0.000000246. The monoisotopic (exact) mass is 606 g/mol. The molecule has 0 spiro atoms. The van der Waals surface area contributed by atoms with E-state index in [0.717, 1.165) is 30.2 Å². The molecule has 0 aliphatic heterocycles. The lowest BCUT2D eigenvalue weighted by Crippen LogP contribution is -2.25. The number of ketones is 1. The molecule has 0 saturated heterocycles. The van der Waals surface area contributed by atoms with E-state index in [9.17, 15) is 4.79 Å². The number of carbonyl (C=O) groups excluding carboxylic acids is 1. The van der Waals surface area contributed by atoms with Crippen LogP contribution in [0.2, 0.25) is 0 Å². The summed E-state index contributed by atoms with van der Waals surface area (Å²) < 4.78 is 11.7. The number of allylic oxidation sites excluding steroid dienone is 1. The highest BCUT2D eigenvalue weighted by molar-refractivity contribution is 5.98. The van der Waals surface area contributed by atoms with E-state index in [1.165, 1.54) is 16.7 Å². The molecule has 5 heteroatoms. The number of hydrogen-bond donors (Lipinski definition) is 0. The van der Waals surface area contributed by atoms with Gasteiger partial charge in [0.1, 0.15) is 24.7 Å². The van der Waals surface area contributed by atoms with Gasteiger partial charge in [-0.2, -0.15) is 0 Å². The Hall–Kier alpha value is -4.19. The van der Waals surface area contributed by atoms with Crippen molar-refractivity contribution in [2.75, 3.05) is 41.3 Å². The fraction of sp³-hybridized carbons (Fsp3) is 0.325. The first-order chi connectivity index (χ1) is 21.7. The maximum absolute atomic E-state index is 12.4. The van der Waals surface area contributed by atoms with Crippen molar-refractivity contribution in [2.24, 2.45) is 11.8 Å². The molecule has 0 radical (unpaired) electrons. The maximum atomic E-state index is 12.4. The summed E-state index contributed by atoms with van der Waals surface area (Å²) in [5, 5.41) is 0. The Labute approximate surface area is 271 Å². The lowest BCUT2D eigenvalue weighted by atomic mass is 9.93. The van der Waals surface area contributed by atoms with Gasteiger partial charge in [-0.25, -0.2) is 0 Å². The SMILES string of the molecule is C/C=C(\c1cccc(OCc2ccccc2)c1)C(C)CN(C)C.CC(CN(C)C)C(=O)c1cccc(OCc2ccccc2)c1. The summed E-state index contributed by atoms with van der Waals surface area (Å²) in [6.45, 7) is 9.23. The number of carbonyl (C=O) groups is 1. The Morgan fingerprint density at radius 2 is 1.07 bits per heavy atom. The lowest BCUT2D eigenvalue weighted by Gasteiger charge is -2.20. The van der Waals surface area contributed by atoms with Crippen molar-refractivity contribution in [2.45, 2.75) is 34.0 Å². The quantitative estimate of drug-likeness (QED) is 0.135. The fourth-order valence-electron chi connectivity index (χ4n) is 5.28. The standard InChI is InChI=1S/C21H27NO.C19H23NO2/c1-5-21(17(2)15-22(3)4)19-12-9-13-20(14-19)23-16-18-10-7-6-8-11-18;1-15(13-20(2)3)19(21)17-10-7-11-18(12-17)22-14-16-8-5-4-6-9-16/h5-14,17H,15-16H2,1-4H3;4-12,15H,13-14H2,1-3H3/b21-5-;. The first kappa shape index (κ1) is 35.3. The van der Waals surface area contributed by atoms with Crippen LogP contribution < -0.4 is 9.47 Å². The molecule has 238 valence electrons. The molecule has 2 unspecified atom stereocenters. The van der Waals surface area contributed by atoms with Crippen molar-refractivity contribution < 1.29 is 14.3 Å². The second kappa shape index (κ2) is 18.6. The zero-order chi connectivity index (χ0) is 32.6. The summed E-state index contributed by atoms with van der Waals surface area (Å²) in [5.74, 6) is 2.26. The minimum absolute atomic E-state index is 0.0284. The van der Waals surface area contributed by atoms with Crippen LogP contribution in [0.5, 0.6) is 11.5 Å². The number of hydrogen-bond acceptors (Lipinski definition) is 5. The predicted octanol–water partition coefficient (Wildman–Crippen LogP) is 8.51. The number of ether oxygens (including phenoxy) is 2. The number of benzene rings is 4. The predicted molar refractivity (Wildman–Crippen MR) is 188 cm³/mol. The van der Waals surface area contributed by atoms with Crippen molar-refractivity contribution in [3.8, 4) is 11.5 Å². The van der Waals surface area contributed by atoms with Crippen molar-refractivity contribution >= 4 is 11.4 Å². The fourth-order valence-corrected chi connectivity index (χ4v) is 5.28. The van der Waals surface area contributed by atoms with Crippen molar-refractivity contribution in [1.82, 2.24) is 9.80 Å². The molecule has 45 heavy (non-hydrogen) atoms. The van der Waals surface area contributed by atoms with Gasteiger partial charge in [0.15, 0.2) is 5.78 Å². The Morgan fingerprint density at radius 3 is 1.53 bits per heavy atom. The van der Waals surface area contributed by atoms with Gasteiger partial charge >= 0.3 is 0 Å². The molecule has 4 aromatic carbocycles. The molecule has 0 amide bonds. The molecule has 0 aliphatic carbocycles. The number of nitrogens with zero attached hydrogens (tertiary/aromatic N) is 2. The van der Waals surface area contributed by atoms with Crippen LogP contribution in [0.25, 0.3) is 5.57 Å². The minimum atomic E-state index is -0.0284. The van der Waals surface area contributed by atoms with Crippen molar-refractivity contribution in [1.29, 1.82) is 0 Å². The van der Waals surface area contributed by atoms with E-state index in [-0.39, 0.29) is 11.7 Å². The van der Waals surface area contributed by atoms with E-state index in [4.69, 9.17) is 9.47 Å². The van der Waals surface area contributed by atoms with E-state index < -0.39 is 0 Å². The van der Waals surface area contributed by atoms with Gasteiger partial charge < -0.3 is 19.3 Å². The van der Waals surface area contributed by atoms with Crippen LogP contribution in [-0.4, -0.2) is 56.9 Å². The molecular weight excluding hydrogens is 556 g/mol. The lowest BCUT2D eigenvalue weighted by molar-refractivity contribution is 0.0909. The third-order valence-corrected chi connectivity index (χ3v) is 7.35. The van der Waals surface area contributed by atoms with Gasteiger partial charge in [0.2, 0.25) is 0 Å². The summed E-state index contributed by atoms with van der Waals surface area (Å²) >= 11 is 0. The van der Waals surface area contributed by atoms with Gasteiger partial charge in [0.25, 0.3) is 0 Å². The summed E-state index contributed by atoms with van der Waals surface area (Å²) in [4.78, 5) is 16.7. The Bertz CT molecular complexity index is 1470. The molecule has 0 saturated carbocycles. The smallest absolute Gasteiger partial charge is 0.167 e. The van der Waals surface area contributed by atoms with Gasteiger partial charge in [-0.3, -0.25) is 4.79 Å². The first-order valence-corrected chi connectivity index (χ1v) is 15.7. The highest BCUT2D eigenvalue weighted by Crippen LogP contribution is 2.27. The molecule has 0 bridgehead atoms. The van der Waals surface area contributed by atoms with E-state index in [1.54, 1.807) is 0 Å². The summed E-state index contributed by atoms with van der Waals surface area (Å²) in [7, 11) is 8.18. The molecule has 0 aliphatic rings. The average molecular weight is 607 g/mol.